The van der Waals surface area contributed by atoms with Crippen LogP contribution in [0.4, 0.5) is 0 Å². The molecule has 0 atom stereocenters. The van der Waals surface area contributed by atoms with Crippen LogP contribution in [0, 0.1) is 0 Å². The Bertz CT molecular complexity index is 1060. The molecule has 4 rings (SSSR count). The molecule has 2 heterocycles. The predicted molar refractivity (Wildman–Crippen MR) is 99.6 cm³/mol. The second kappa shape index (κ2) is 6.54. The van der Waals surface area contributed by atoms with E-state index in [0.717, 1.165) is 18.4 Å². The summed E-state index contributed by atoms with van der Waals surface area (Å²) in [6.45, 7) is -0.223. The third-order valence-electron chi connectivity index (χ3n) is 4.57. The Labute approximate surface area is 156 Å². The van der Waals surface area contributed by atoms with Crippen molar-refractivity contribution in [2.24, 2.45) is 0 Å². The van der Waals surface area contributed by atoms with Gasteiger partial charge < -0.3 is 5.11 Å². The van der Waals surface area contributed by atoms with Crippen LogP contribution in [0.1, 0.15) is 29.9 Å². The summed E-state index contributed by atoms with van der Waals surface area (Å²) in [6, 6.07) is 10.3. The fourth-order valence-electron chi connectivity index (χ4n) is 3.22. The molecule has 1 N–H and O–H groups in total. The van der Waals surface area contributed by atoms with Gasteiger partial charge >= 0.3 is 0 Å². The zero-order valence-electron chi connectivity index (χ0n) is 13.8. The first-order valence-electron chi connectivity index (χ1n) is 8.29. The lowest BCUT2D eigenvalue weighted by Gasteiger charge is -2.13. The second-order valence-electron chi connectivity index (χ2n) is 6.32. The van der Waals surface area contributed by atoms with Gasteiger partial charge in [0.15, 0.2) is 0 Å². The van der Waals surface area contributed by atoms with Crippen LogP contribution in [0.5, 0.6) is 0 Å². The van der Waals surface area contributed by atoms with Gasteiger partial charge in [0.25, 0.3) is 10.0 Å². The van der Waals surface area contributed by atoms with Gasteiger partial charge in [-0.05, 0) is 42.5 Å². The van der Waals surface area contributed by atoms with Crippen LogP contribution in [0.15, 0.2) is 59.9 Å². The number of nitrogens with zero attached hydrogens (tertiary/aromatic N) is 2. The highest BCUT2D eigenvalue weighted by Gasteiger charge is 2.35. The molecular weight excluding hydrogens is 372 g/mol. The number of rotatable bonds is 5. The molecule has 1 saturated carbocycles. The van der Waals surface area contributed by atoms with Crippen LogP contribution in [0.25, 0.3) is 11.3 Å². The number of pyridine rings is 1. The summed E-state index contributed by atoms with van der Waals surface area (Å²) in [4.78, 5) is 4.02. The van der Waals surface area contributed by atoms with E-state index < -0.39 is 10.0 Å². The maximum absolute atomic E-state index is 13.3. The number of aliphatic hydroxyl groups is 1. The Morgan fingerprint density at radius 2 is 1.96 bits per heavy atom. The first-order valence-corrected chi connectivity index (χ1v) is 10.1. The van der Waals surface area contributed by atoms with E-state index in [0.29, 0.717) is 21.8 Å². The molecule has 1 aromatic carbocycles. The number of aromatic nitrogens is 2. The van der Waals surface area contributed by atoms with E-state index in [-0.39, 0.29) is 17.4 Å². The van der Waals surface area contributed by atoms with Crippen molar-refractivity contribution in [1.29, 1.82) is 0 Å². The summed E-state index contributed by atoms with van der Waals surface area (Å²) in [5.41, 5.74) is 2.66. The summed E-state index contributed by atoms with van der Waals surface area (Å²) in [7, 11) is -3.87. The molecule has 1 aliphatic rings. The van der Waals surface area contributed by atoms with Crippen LogP contribution >= 0.6 is 11.6 Å². The molecule has 0 saturated heterocycles. The molecule has 7 heteroatoms. The Kier molecular flexibility index (Phi) is 4.34. The van der Waals surface area contributed by atoms with Crippen LogP contribution in [0.3, 0.4) is 0 Å². The van der Waals surface area contributed by atoms with Crippen molar-refractivity contribution in [2.75, 3.05) is 0 Å². The van der Waals surface area contributed by atoms with E-state index in [4.69, 9.17) is 11.6 Å². The van der Waals surface area contributed by atoms with Crippen LogP contribution in [0.2, 0.25) is 5.02 Å². The number of hydrogen-bond donors (Lipinski definition) is 1. The predicted octanol–water partition coefficient (Wildman–Crippen LogP) is 3.81. The lowest BCUT2D eigenvalue weighted by atomic mass is 10.0. The molecule has 1 aliphatic carbocycles. The molecule has 2 aromatic heterocycles. The minimum Gasteiger partial charge on any atom is -0.392 e. The highest BCUT2D eigenvalue weighted by atomic mass is 35.5. The van der Waals surface area contributed by atoms with E-state index in [1.165, 1.54) is 28.6 Å². The molecule has 0 radical (unpaired) electrons. The Hall–Kier alpha value is -2.15. The largest absolute Gasteiger partial charge is 0.392 e. The molecule has 0 aliphatic heterocycles. The van der Waals surface area contributed by atoms with Gasteiger partial charge in [0.1, 0.15) is 4.90 Å². The third kappa shape index (κ3) is 2.84. The zero-order chi connectivity index (χ0) is 18.3. The molecule has 134 valence electrons. The van der Waals surface area contributed by atoms with Gasteiger partial charge in [-0.2, -0.15) is 0 Å². The van der Waals surface area contributed by atoms with E-state index in [1.54, 1.807) is 24.3 Å². The summed E-state index contributed by atoms with van der Waals surface area (Å²) < 4.78 is 27.8. The summed E-state index contributed by atoms with van der Waals surface area (Å²) in [6.07, 6.45) is 6.30. The van der Waals surface area contributed by atoms with Crippen molar-refractivity contribution >= 4 is 21.6 Å². The monoisotopic (exact) mass is 388 g/mol. The summed E-state index contributed by atoms with van der Waals surface area (Å²) >= 11 is 6.39. The number of aliphatic hydroxyl groups excluding tert-OH is 1. The fourth-order valence-corrected chi connectivity index (χ4v) is 4.82. The minimum atomic E-state index is -3.87. The van der Waals surface area contributed by atoms with Crippen molar-refractivity contribution in [2.45, 2.75) is 30.3 Å². The first-order chi connectivity index (χ1) is 12.5. The lowest BCUT2D eigenvalue weighted by molar-refractivity contribution is 0.281. The SMILES string of the molecule is O=S(=O)(c1cccnc1)n1cc(CO)c(C2CC2)c1-c1ccccc1Cl. The number of halogens is 1. The minimum absolute atomic E-state index is 0.0927. The second-order valence-corrected chi connectivity index (χ2v) is 8.54. The van der Waals surface area contributed by atoms with E-state index >= 15 is 0 Å². The molecule has 1 fully saturated rings. The van der Waals surface area contributed by atoms with Crippen molar-refractivity contribution in [3.63, 3.8) is 0 Å². The smallest absolute Gasteiger partial charge is 0.269 e. The fraction of sp³-hybridized carbons (Fsp3) is 0.211. The van der Waals surface area contributed by atoms with Gasteiger partial charge in [0, 0.05) is 34.7 Å². The third-order valence-corrected chi connectivity index (χ3v) is 6.54. The molecule has 0 amide bonds. The molecule has 0 bridgehead atoms. The molecule has 0 spiro atoms. The first kappa shape index (κ1) is 17.3. The van der Waals surface area contributed by atoms with Crippen molar-refractivity contribution in [3.05, 3.63) is 71.1 Å². The normalized spacial score (nSPS) is 14.5. The molecule has 0 unspecified atom stereocenters. The number of benzene rings is 1. The van der Waals surface area contributed by atoms with Gasteiger partial charge in [0.05, 0.1) is 12.3 Å². The van der Waals surface area contributed by atoms with Crippen molar-refractivity contribution in [3.8, 4) is 11.3 Å². The maximum Gasteiger partial charge on any atom is 0.269 e. The van der Waals surface area contributed by atoms with E-state index in [2.05, 4.69) is 4.98 Å². The highest BCUT2D eigenvalue weighted by Crippen LogP contribution is 2.48. The topological polar surface area (TPSA) is 72.2 Å². The van der Waals surface area contributed by atoms with Gasteiger partial charge in [-0.25, -0.2) is 12.4 Å². The van der Waals surface area contributed by atoms with Crippen LogP contribution in [-0.4, -0.2) is 22.5 Å². The molecule has 26 heavy (non-hydrogen) atoms. The number of hydrogen-bond acceptors (Lipinski definition) is 4. The lowest BCUT2D eigenvalue weighted by Crippen LogP contribution is -2.14. The van der Waals surface area contributed by atoms with Gasteiger partial charge in [-0.3, -0.25) is 4.98 Å². The average Bonchev–Trinajstić information content (AvgIpc) is 3.42. The van der Waals surface area contributed by atoms with Crippen LogP contribution in [-0.2, 0) is 16.6 Å². The molecule has 3 aromatic rings. The van der Waals surface area contributed by atoms with Crippen LogP contribution < -0.4 is 0 Å². The zero-order valence-corrected chi connectivity index (χ0v) is 15.4. The Morgan fingerprint density at radius 1 is 1.19 bits per heavy atom. The van der Waals surface area contributed by atoms with E-state index in [9.17, 15) is 13.5 Å². The van der Waals surface area contributed by atoms with Crippen molar-refractivity contribution in [1.82, 2.24) is 8.96 Å². The summed E-state index contributed by atoms with van der Waals surface area (Å²) in [5.74, 6) is 0.244. The molecular formula is C19H17ClN2O3S. The average molecular weight is 389 g/mol. The van der Waals surface area contributed by atoms with Gasteiger partial charge in [-0.1, -0.05) is 29.8 Å². The Morgan fingerprint density at radius 3 is 2.58 bits per heavy atom. The van der Waals surface area contributed by atoms with Gasteiger partial charge in [0.2, 0.25) is 0 Å². The quantitative estimate of drug-likeness (QED) is 0.721. The Balaban J connectivity index is 2.03. The summed E-state index contributed by atoms with van der Waals surface area (Å²) in [5, 5.41) is 10.3. The van der Waals surface area contributed by atoms with Crippen molar-refractivity contribution < 1.29 is 13.5 Å². The van der Waals surface area contributed by atoms with Gasteiger partial charge in [-0.15, -0.1) is 0 Å². The van der Waals surface area contributed by atoms with E-state index in [1.807, 2.05) is 6.07 Å². The maximum atomic E-state index is 13.3. The highest BCUT2D eigenvalue weighted by molar-refractivity contribution is 7.90. The standard InChI is InChI=1S/C19H17ClN2O3S/c20-17-6-2-1-5-16(17)19-18(13-7-8-13)14(12-23)11-22(19)26(24,25)15-4-3-9-21-10-15/h1-6,9-11,13,23H,7-8,12H2. The molecule has 5 nitrogen and oxygen atoms in total.